The van der Waals surface area contributed by atoms with E-state index in [1.807, 2.05) is 6.92 Å². The van der Waals surface area contributed by atoms with Gasteiger partial charge in [0, 0.05) is 12.3 Å². The lowest BCUT2D eigenvalue weighted by molar-refractivity contribution is 0.0868. The fraction of sp³-hybridized carbons (Fsp3) is 0.500. The number of amides is 2. The molecule has 0 aliphatic carbocycles. The molecule has 0 saturated carbocycles. The molecule has 2 atom stereocenters. The second-order valence-electron chi connectivity index (χ2n) is 4.90. The lowest BCUT2D eigenvalue weighted by Crippen LogP contribution is -2.42. The molecule has 2 N–H and O–H groups in total. The first-order valence-electron chi connectivity index (χ1n) is 6.51. The highest BCUT2D eigenvalue weighted by molar-refractivity contribution is 5.89. The van der Waals surface area contributed by atoms with Gasteiger partial charge in [0.25, 0.3) is 0 Å². The van der Waals surface area contributed by atoms with Gasteiger partial charge < -0.3 is 15.4 Å². The van der Waals surface area contributed by atoms with Crippen molar-refractivity contribution in [3.05, 3.63) is 29.6 Å². The van der Waals surface area contributed by atoms with Crippen LogP contribution in [0.5, 0.6) is 0 Å². The normalized spacial score (nSPS) is 20.1. The first-order valence-corrected chi connectivity index (χ1v) is 6.51. The summed E-state index contributed by atoms with van der Waals surface area (Å²) in [4.78, 5) is 11.8. The number of carbonyl (C=O) groups is 1. The van der Waals surface area contributed by atoms with Crippen LogP contribution in [0.25, 0.3) is 0 Å². The van der Waals surface area contributed by atoms with Gasteiger partial charge in [-0.25, -0.2) is 9.18 Å². The SMILES string of the molecule is Cc1ccc(NC(=O)N[C@@H](C)[C@@H]2CCCO2)cc1F. The van der Waals surface area contributed by atoms with E-state index in [1.54, 1.807) is 19.1 Å². The van der Waals surface area contributed by atoms with Gasteiger partial charge in [-0.15, -0.1) is 0 Å². The van der Waals surface area contributed by atoms with E-state index < -0.39 is 0 Å². The summed E-state index contributed by atoms with van der Waals surface area (Å²) in [6.07, 6.45) is 2.06. The molecule has 2 amide bonds. The first kappa shape index (κ1) is 13.8. The highest BCUT2D eigenvalue weighted by atomic mass is 19.1. The zero-order chi connectivity index (χ0) is 13.8. The van der Waals surface area contributed by atoms with Gasteiger partial charge in [-0.1, -0.05) is 6.07 Å². The summed E-state index contributed by atoms with van der Waals surface area (Å²) >= 11 is 0. The molecular weight excluding hydrogens is 247 g/mol. The Balaban J connectivity index is 1.88. The molecule has 0 bridgehead atoms. The van der Waals surface area contributed by atoms with E-state index >= 15 is 0 Å². The van der Waals surface area contributed by atoms with Crippen LogP contribution in [0.15, 0.2) is 18.2 Å². The molecule has 1 saturated heterocycles. The number of halogens is 1. The van der Waals surface area contributed by atoms with Crippen LogP contribution in [0, 0.1) is 12.7 Å². The zero-order valence-corrected chi connectivity index (χ0v) is 11.2. The summed E-state index contributed by atoms with van der Waals surface area (Å²) < 4.78 is 18.8. The van der Waals surface area contributed by atoms with Gasteiger partial charge >= 0.3 is 6.03 Å². The predicted molar refractivity (Wildman–Crippen MR) is 71.7 cm³/mol. The molecule has 5 heteroatoms. The molecular formula is C14H19FN2O2. The molecule has 1 aliphatic heterocycles. The molecule has 0 unspecified atom stereocenters. The van der Waals surface area contributed by atoms with Crippen LogP contribution in [0.1, 0.15) is 25.3 Å². The van der Waals surface area contributed by atoms with Gasteiger partial charge in [0.2, 0.25) is 0 Å². The van der Waals surface area contributed by atoms with Crippen LogP contribution < -0.4 is 10.6 Å². The minimum absolute atomic E-state index is 0.0576. The van der Waals surface area contributed by atoms with Crippen LogP contribution in [-0.4, -0.2) is 24.8 Å². The fourth-order valence-corrected chi connectivity index (χ4v) is 2.13. The van der Waals surface area contributed by atoms with Gasteiger partial charge in [-0.3, -0.25) is 0 Å². The predicted octanol–water partition coefficient (Wildman–Crippen LogP) is 2.82. The standard InChI is InChI=1S/C14H19FN2O2/c1-9-5-6-11(8-12(9)15)17-14(18)16-10(2)13-4-3-7-19-13/h5-6,8,10,13H,3-4,7H2,1-2H3,(H2,16,17,18)/t10-,13-/m0/s1. The van der Waals surface area contributed by atoms with E-state index in [1.165, 1.54) is 6.07 Å². The summed E-state index contributed by atoms with van der Waals surface area (Å²) in [6, 6.07) is 4.22. The fourth-order valence-electron chi connectivity index (χ4n) is 2.13. The number of rotatable bonds is 3. The number of ether oxygens (including phenoxy) is 1. The Morgan fingerprint density at radius 2 is 2.32 bits per heavy atom. The van der Waals surface area contributed by atoms with Crippen molar-refractivity contribution in [2.24, 2.45) is 0 Å². The molecule has 1 aliphatic rings. The molecule has 2 rings (SSSR count). The number of carbonyl (C=O) groups excluding carboxylic acids is 1. The van der Waals surface area contributed by atoms with Crippen LogP contribution in [-0.2, 0) is 4.74 Å². The number of benzene rings is 1. The van der Waals surface area contributed by atoms with Crippen molar-refractivity contribution < 1.29 is 13.9 Å². The Labute approximate surface area is 112 Å². The molecule has 1 aromatic carbocycles. The monoisotopic (exact) mass is 266 g/mol. The minimum Gasteiger partial charge on any atom is -0.376 e. The second-order valence-corrected chi connectivity index (χ2v) is 4.90. The summed E-state index contributed by atoms with van der Waals surface area (Å²) in [7, 11) is 0. The van der Waals surface area contributed by atoms with E-state index in [-0.39, 0.29) is 24.0 Å². The van der Waals surface area contributed by atoms with Gasteiger partial charge in [-0.2, -0.15) is 0 Å². The number of nitrogens with one attached hydrogen (secondary N) is 2. The largest absolute Gasteiger partial charge is 0.376 e. The zero-order valence-electron chi connectivity index (χ0n) is 11.2. The van der Waals surface area contributed by atoms with Crippen LogP contribution in [0.3, 0.4) is 0 Å². The highest BCUT2D eigenvalue weighted by Gasteiger charge is 2.23. The third kappa shape index (κ3) is 3.67. The van der Waals surface area contributed by atoms with Crippen molar-refractivity contribution in [3.63, 3.8) is 0 Å². The summed E-state index contributed by atoms with van der Waals surface area (Å²) in [5.74, 6) is -0.329. The van der Waals surface area contributed by atoms with E-state index in [0.29, 0.717) is 11.3 Å². The Kier molecular flexibility index (Phi) is 4.37. The Morgan fingerprint density at radius 1 is 1.53 bits per heavy atom. The topological polar surface area (TPSA) is 50.4 Å². The molecule has 0 aromatic heterocycles. The molecule has 0 radical (unpaired) electrons. The lowest BCUT2D eigenvalue weighted by atomic mass is 10.1. The van der Waals surface area contributed by atoms with Crippen molar-refractivity contribution in [1.29, 1.82) is 0 Å². The summed E-state index contributed by atoms with van der Waals surface area (Å²) in [5.41, 5.74) is 0.999. The highest BCUT2D eigenvalue weighted by Crippen LogP contribution is 2.16. The minimum atomic E-state index is -0.341. The third-order valence-electron chi connectivity index (χ3n) is 3.31. The van der Waals surface area contributed by atoms with Gasteiger partial charge in [0.1, 0.15) is 5.82 Å². The van der Waals surface area contributed by atoms with E-state index in [4.69, 9.17) is 4.74 Å². The lowest BCUT2D eigenvalue weighted by Gasteiger charge is -2.20. The molecule has 1 heterocycles. The number of hydrogen-bond donors (Lipinski definition) is 2. The second kappa shape index (κ2) is 6.02. The number of hydrogen-bond acceptors (Lipinski definition) is 2. The van der Waals surface area contributed by atoms with Gasteiger partial charge in [-0.05, 0) is 44.4 Å². The van der Waals surface area contributed by atoms with Crippen molar-refractivity contribution in [1.82, 2.24) is 5.32 Å². The summed E-state index contributed by atoms with van der Waals surface area (Å²) in [6.45, 7) is 4.34. The van der Waals surface area contributed by atoms with Crippen LogP contribution >= 0.6 is 0 Å². The molecule has 4 nitrogen and oxygen atoms in total. The smallest absolute Gasteiger partial charge is 0.319 e. The van der Waals surface area contributed by atoms with E-state index in [9.17, 15) is 9.18 Å². The quantitative estimate of drug-likeness (QED) is 0.883. The molecule has 104 valence electrons. The Bertz CT molecular complexity index is 459. The average molecular weight is 266 g/mol. The summed E-state index contributed by atoms with van der Waals surface area (Å²) in [5, 5.41) is 5.43. The van der Waals surface area contributed by atoms with Crippen molar-refractivity contribution in [2.45, 2.75) is 38.8 Å². The molecule has 1 aromatic rings. The van der Waals surface area contributed by atoms with Crippen molar-refractivity contribution >= 4 is 11.7 Å². The number of aryl methyl sites for hydroxylation is 1. The van der Waals surface area contributed by atoms with Gasteiger partial charge in [0.05, 0.1) is 12.1 Å². The third-order valence-corrected chi connectivity index (χ3v) is 3.31. The average Bonchev–Trinajstić information content (AvgIpc) is 2.87. The van der Waals surface area contributed by atoms with Gasteiger partial charge in [0.15, 0.2) is 0 Å². The maximum atomic E-state index is 13.3. The molecule has 0 spiro atoms. The Morgan fingerprint density at radius 3 is 2.95 bits per heavy atom. The number of urea groups is 1. The Hall–Kier alpha value is -1.62. The van der Waals surface area contributed by atoms with Crippen LogP contribution in [0.2, 0.25) is 0 Å². The van der Waals surface area contributed by atoms with E-state index in [0.717, 1.165) is 19.4 Å². The maximum absolute atomic E-state index is 13.3. The number of anilines is 1. The first-order chi connectivity index (χ1) is 9.06. The van der Waals surface area contributed by atoms with E-state index in [2.05, 4.69) is 10.6 Å². The maximum Gasteiger partial charge on any atom is 0.319 e. The van der Waals surface area contributed by atoms with Crippen molar-refractivity contribution in [3.8, 4) is 0 Å². The van der Waals surface area contributed by atoms with Crippen molar-refractivity contribution in [2.75, 3.05) is 11.9 Å². The van der Waals surface area contributed by atoms with Crippen LogP contribution in [0.4, 0.5) is 14.9 Å². The molecule has 19 heavy (non-hydrogen) atoms. The molecule has 1 fully saturated rings.